The van der Waals surface area contributed by atoms with Crippen LogP contribution in [0.15, 0.2) is 217 Å². The summed E-state index contributed by atoms with van der Waals surface area (Å²) in [5, 5.41) is 2.80. The molecule has 0 saturated carbocycles. The van der Waals surface area contributed by atoms with Crippen LogP contribution in [0, 0.1) is 0 Å². The molecule has 19 heteroatoms. The van der Waals surface area contributed by atoms with Gasteiger partial charge < -0.3 is 47.5 Å². The van der Waals surface area contributed by atoms with Gasteiger partial charge in [-0.2, -0.15) is 0 Å². The maximum atomic E-state index is 14.5. The molecular formula is C61H48BrNO17. The summed E-state index contributed by atoms with van der Waals surface area (Å²) >= 11 is 3.45. The Morgan fingerprint density at radius 3 is 1.06 bits per heavy atom. The van der Waals surface area contributed by atoms with Crippen molar-refractivity contribution >= 4 is 63.4 Å². The number of ether oxygens (including phenoxy) is 9. The third-order valence-corrected chi connectivity index (χ3v) is 13.1. The van der Waals surface area contributed by atoms with E-state index in [-0.39, 0.29) is 44.7 Å². The lowest BCUT2D eigenvalue weighted by molar-refractivity contribution is -0.322. The molecule has 2 heterocycles. The van der Waals surface area contributed by atoms with Crippen LogP contribution in [0.3, 0.4) is 0 Å². The molecule has 9 rings (SSSR count). The molecule has 0 spiro atoms. The van der Waals surface area contributed by atoms with Crippen LogP contribution in [-0.2, 0) is 47.5 Å². The number of hydrogen-bond donors (Lipinski definition) is 0. The van der Waals surface area contributed by atoms with E-state index in [2.05, 4.69) is 21.1 Å². The summed E-state index contributed by atoms with van der Waals surface area (Å²) in [6.07, 6.45) is -14.4. The third-order valence-electron chi connectivity index (χ3n) is 12.4. The SMILES string of the molecule is O=C(OC[C@H]1O[C@@H](O[C@H]2[C@H](OC(=O)c3ccccc3)/C(=N\OC(=O)c3ccccc3)[C@@H](Br)O[C@@H]2COC(=O)c2ccccc2)[C@H](OC(=O)c2ccccc2)[C@@H](OC(=O)c2ccccc2)[C@H]1OC(=O)c1ccccc1)c1ccccc1. The van der Waals surface area contributed by atoms with Gasteiger partial charge in [-0.25, -0.2) is 33.6 Å². The van der Waals surface area contributed by atoms with Gasteiger partial charge in [0.05, 0.1) is 38.9 Å². The highest BCUT2D eigenvalue weighted by atomic mass is 79.9. The van der Waals surface area contributed by atoms with Crippen molar-refractivity contribution in [2.45, 2.75) is 54.0 Å². The number of carbonyl (C=O) groups excluding carboxylic acids is 7. The molecule has 406 valence electrons. The summed E-state index contributed by atoms with van der Waals surface area (Å²) in [5.74, 6) is -6.44. The Morgan fingerprint density at radius 2 is 0.675 bits per heavy atom. The number of hydrogen-bond acceptors (Lipinski definition) is 18. The number of alkyl halides is 1. The molecule has 2 aliphatic heterocycles. The topological polar surface area (TPSA) is 224 Å². The van der Waals surface area contributed by atoms with Gasteiger partial charge in [-0.05, 0) is 84.9 Å². The fraction of sp³-hybridized carbons (Fsp3) is 0.180. The van der Waals surface area contributed by atoms with E-state index in [0.29, 0.717) is 0 Å². The molecule has 0 amide bonds. The van der Waals surface area contributed by atoms with Crippen LogP contribution >= 0.6 is 15.9 Å². The number of nitrogens with zero attached hydrogens (tertiary/aromatic N) is 1. The number of carbonyl (C=O) groups is 7. The van der Waals surface area contributed by atoms with Gasteiger partial charge in [0.2, 0.25) is 0 Å². The number of halogens is 1. The molecule has 0 aromatic heterocycles. The smallest absolute Gasteiger partial charge is 0.365 e. The highest BCUT2D eigenvalue weighted by Crippen LogP contribution is 2.36. The molecule has 2 aliphatic rings. The molecule has 0 N–H and O–H groups in total. The highest BCUT2D eigenvalue weighted by molar-refractivity contribution is 9.09. The zero-order valence-electron chi connectivity index (χ0n) is 42.1. The van der Waals surface area contributed by atoms with Gasteiger partial charge in [-0.15, -0.1) is 0 Å². The first kappa shape index (κ1) is 55.6. The molecule has 7 aromatic rings. The number of benzene rings is 7. The van der Waals surface area contributed by atoms with Crippen molar-refractivity contribution in [3.05, 3.63) is 251 Å². The standard InChI is InChI=1S/C61H48BrNO17/c62-53-47(63-80-60(70)44-34-20-7-21-35-44)50(76-57(67)41-28-14-4-15-29-41)48(45(73-53)36-71-54(64)38-22-8-1-9-23-38)79-61-52(78-59(69)43-32-18-6-19-33-43)51(77-58(68)42-30-16-5-17-31-42)49(75-56(66)40-26-12-3-13-27-40)46(74-61)37-72-55(65)39-24-10-2-11-25-39/h1-35,45-46,48-53,61H,36-37H2/b63-47+/t45-,46-,48-,49+,50-,51+,52-,53+,61+/m1/s1. The van der Waals surface area contributed by atoms with E-state index in [4.69, 9.17) is 47.5 Å². The van der Waals surface area contributed by atoms with Gasteiger partial charge in [-0.3, -0.25) is 0 Å². The van der Waals surface area contributed by atoms with Crippen LogP contribution < -0.4 is 0 Å². The minimum absolute atomic E-state index is 0.00859. The van der Waals surface area contributed by atoms with Crippen molar-refractivity contribution in [3.63, 3.8) is 0 Å². The summed E-state index contributed by atoms with van der Waals surface area (Å²) in [7, 11) is 0. The Balaban J connectivity index is 1.19. The summed E-state index contributed by atoms with van der Waals surface area (Å²) in [4.78, 5) is 104. The van der Waals surface area contributed by atoms with Crippen LogP contribution in [0.25, 0.3) is 0 Å². The van der Waals surface area contributed by atoms with E-state index in [0.717, 1.165) is 0 Å². The molecule has 0 radical (unpaired) electrons. The van der Waals surface area contributed by atoms with Gasteiger partial charge in [-0.1, -0.05) is 148 Å². The highest BCUT2D eigenvalue weighted by Gasteiger charge is 2.57. The molecule has 9 atom stereocenters. The van der Waals surface area contributed by atoms with Crippen molar-refractivity contribution in [1.29, 1.82) is 0 Å². The van der Waals surface area contributed by atoms with Crippen LogP contribution in [0.2, 0.25) is 0 Å². The summed E-state index contributed by atoms with van der Waals surface area (Å²) in [6.45, 7) is -1.36. The second-order valence-electron chi connectivity index (χ2n) is 17.7. The zero-order chi connectivity index (χ0) is 55.8. The van der Waals surface area contributed by atoms with E-state index < -0.39 is 109 Å². The molecular weight excluding hydrogens is 1100 g/mol. The first-order chi connectivity index (χ1) is 39.0. The lowest BCUT2D eigenvalue weighted by atomic mass is 9.96. The predicted molar refractivity (Wildman–Crippen MR) is 286 cm³/mol. The molecule has 2 fully saturated rings. The Labute approximate surface area is 466 Å². The van der Waals surface area contributed by atoms with Crippen molar-refractivity contribution in [1.82, 2.24) is 0 Å². The second kappa shape index (κ2) is 27.0. The average molecular weight is 1150 g/mol. The molecule has 0 aliphatic carbocycles. The minimum Gasteiger partial charge on any atom is -0.459 e. The summed E-state index contributed by atoms with van der Waals surface area (Å²) in [5.41, 5.74) is 0.226. The quantitative estimate of drug-likeness (QED) is 0.0257. The summed E-state index contributed by atoms with van der Waals surface area (Å²) < 4.78 is 56.8. The van der Waals surface area contributed by atoms with Gasteiger partial charge in [0, 0.05) is 0 Å². The van der Waals surface area contributed by atoms with Gasteiger partial charge in [0.1, 0.15) is 37.2 Å². The number of rotatable bonds is 18. The first-order valence-electron chi connectivity index (χ1n) is 24.9. The maximum absolute atomic E-state index is 14.5. The van der Waals surface area contributed by atoms with E-state index in [1.54, 1.807) is 127 Å². The maximum Gasteiger partial charge on any atom is 0.365 e. The Morgan fingerprint density at radius 1 is 0.362 bits per heavy atom. The fourth-order valence-electron chi connectivity index (χ4n) is 8.39. The first-order valence-corrected chi connectivity index (χ1v) is 25.9. The normalized spacial score (nSPS) is 21.9. The van der Waals surface area contributed by atoms with Crippen molar-refractivity contribution in [3.8, 4) is 0 Å². The molecule has 7 aromatic carbocycles. The van der Waals surface area contributed by atoms with Crippen molar-refractivity contribution in [2.24, 2.45) is 5.16 Å². The summed E-state index contributed by atoms with van der Waals surface area (Å²) in [6, 6.07) is 54.9. The molecule has 0 unspecified atom stereocenters. The van der Waals surface area contributed by atoms with Gasteiger partial charge >= 0.3 is 41.8 Å². The second-order valence-corrected chi connectivity index (χ2v) is 18.6. The monoisotopic (exact) mass is 1150 g/mol. The third kappa shape index (κ3) is 14.1. The van der Waals surface area contributed by atoms with Crippen LogP contribution in [0.5, 0.6) is 0 Å². The van der Waals surface area contributed by atoms with Crippen LogP contribution in [0.1, 0.15) is 72.5 Å². The lowest BCUT2D eigenvalue weighted by Crippen LogP contribution is -2.66. The largest absolute Gasteiger partial charge is 0.459 e. The van der Waals surface area contributed by atoms with Crippen molar-refractivity contribution in [2.75, 3.05) is 13.2 Å². The Hall–Kier alpha value is -9.14. The molecule has 80 heavy (non-hydrogen) atoms. The van der Waals surface area contributed by atoms with Gasteiger partial charge in [0.25, 0.3) is 0 Å². The van der Waals surface area contributed by atoms with Crippen LogP contribution in [-0.4, -0.2) is 115 Å². The minimum atomic E-state index is -2.03. The van der Waals surface area contributed by atoms with Gasteiger partial charge in [0.15, 0.2) is 35.7 Å². The fourth-order valence-corrected chi connectivity index (χ4v) is 9.01. The van der Waals surface area contributed by atoms with E-state index in [1.165, 1.54) is 84.9 Å². The van der Waals surface area contributed by atoms with E-state index in [9.17, 15) is 33.6 Å². The average Bonchev–Trinajstić information content (AvgIpc) is 3.51. The van der Waals surface area contributed by atoms with Crippen molar-refractivity contribution < 1.29 is 81.0 Å². The zero-order valence-corrected chi connectivity index (χ0v) is 43.7. The van der Waals surface area contributed by atoms with Crippen LogP contribution in [0.4, 0.5) is 0 Å². The number of esters is 6. The molecule has 0 bridgehead atoms. The van der Waals surface area contributed by atoms with E-state index in [1.807, 2.05) is 0 Å². The Kier molecular flexibility index (Phi) is 18.7. The molecule has 2 saturated heterocycles. The number of oxime groups is 1. The van der Waals surface area contributed by atoms with E-state index >= 15 is 0 Å². The Bertz CT molecular complexity index is 3270. The lowest BCUT2D eigenvalue weighted by Gasteiger charge is -2.47. The predicted octanol–water partition coefficient (Wildman–Crippen LogP) is 9.05. The molecule has 18 nitrogen and oxygen atoms in total.